The Balaban J connectivity index is 2.32. The summed E-state index contributed by atoms with van der Waals surface area (Å²) in [6.45, 7) is 3.47. The van der Waals surface area contributed by atoms with Crippen molar-refractivity contribution >= 4 is 5.91 Å². The third kappa shape index (κ3) is 34.8. The monoisotopic (exact) mass is 956 g/mol. The minimum absolute atomic E-state index is 0.259. The smallest absolute Gasteiger partial charge is 0.249 e. The minimum Gasteiger partial charge on any atom is -0.394 e. The molecule has 1 aliphatic heterocycles. The number of carbonyl (C=O) groups excluding carboxylic acids is 1. The van der Waals surface area contributed by atoms with Crippen LogP contribution in [-0.2, 0) is 14.3 Å². The number of aliphatic hydroxyl groups is 7. The van der Waals surface area contributed by atoms with E-state index in [0.29, 0.717) is 12.8 Å². The van der Waals surface area contributed by atoms with E-state index in [4.69, 9.17) is 9.47 Å². The maximum Gasteiger partial charge on any atom is 0.249 e. The first kappa shape index (κ1) is 63.9. The zero-order valence-electron chi connectivity index (χ0n) is 43.4. The van der Waals surface area contributed by atoms with Crippen molar-refractivity contribution in [3.05, 3.63) is 12.2 Å². The highest BCUT2D eigenvalue weighted by Gasteiger charge is 2.44. The van der Waals surface area contributed by atoms with E-state index >= 15 is 0 Å². The van der Waals surface area contributed by atoms with Crippen molar-refractivity contribution < 1.29 is 50.0 Å². The van der Waals surface area contributed by atoms with Crippen molar-refractivity contribution in [3.8, 4) is 0 Å². The molecule has 1 amide bonds. The Hall–Kier alpha value is -1.15. The summed E-state index contributed by atoms with van der Waals surface area (Å²) < 4.78 is 11.1. The van der Waals surface area contributed by atoms with Gasteiger partial charge >= 0.3 is 0 Å². The van der Waals surface area contributed by atoms with E-state index in [9.17, 15) is 40.5 Å². The first-order chi connectivity index (χ1) is 32.7. The topological polar surface area (TPSA) is 189 Å². The predicted octanol–water partition coefficient (Wildman–Crippen LogP) is 11.6. The molecule has 0 aromatic carbocycles. The maximum atomic E-state index is 13.1. The average molecular weight is 956 g/mol. The Labute approximate surface area is 411 Å². The molecular formula is C56H109NO10. The van der Waals surface area contributed by atoms with Gasteiger partial charge in [-0.15, -0.1) is 0 Å². The van der Waals surface area contributed by atoms with Crippen LogP contribution < -0.4 is 5.32 Å². The molecule has 0 radical (unpaired) electrons. The van der Waals surface area contributed by atoms with E-state index in [0.717, 1.165) is 38.5 Å². The molecule has 0 aromatic rings. The number of hydrogen-bond acceptors (Lipinski definition) is 10. The number of aliphatic hydroxyl groups excluding tert-OH is 7. The van der Waals surface area contributed by atoms with Crippen LogP contribution in [-0.4, -0.2) is 110 Å². The highest BCUT2D eigenvalue weighted by molar-refractivity contribution is 5.80. The molecule has 67 heavy (non-hydrogen) atoms. The minimum atomic E-state index is -1.66. The molecule has 11 heteroatoms. The van der Waals surface area contributed by atoms with Gasteiger partial charge in [-0.1, -0.05) is 244 Å². The molecule has 1 heterocycles. The van der Waals surface area contributed by atoms with E-state index in [1.54, 1.807) is 0 Å². The van der Waals surface area contributed by atoms with Crippen LogP contribution in [0.15, 0.2) is 12.2 Å². The number of carbonyl (C=O) groups is 1. The van der Waals surface area contributed by atoms with Gasteiger partial charge in [-0.05, 0) is 38.5 Å². The van der Waals surface area contributed by atoms with Crippen LogP contribution in [0.3, 0.4) is 0 Å². The fourth-order valence-corrected chi connectivity index (χ4v) is 9.39. The van der Waals surface area contributed by atoms with Crippen molar-refractivity contribution in [2.75, 3.05) is 13.2 Å². The van der Waals surface area contributed by atoms with Crippen molar-refractivity contribution in [1.29, 1.82) is 0 Å². The molecule has 11 nitrogen and oxygen atoms in total. The molecule has 1 rings (SSSR count). The third-order valence-corrected chi connectivity index (χ3v) is 14.1. The van der Waals surface area contributed by atoms with E-state index in [1.807, 2.05) is 0 Å². The Morgan fingerprint density at radius 1 is 0.507 bits per heavy atom. The lowest BCUT2D eigenvalue weighted by atomic mass is 9.98. The van der Waals surface area contributed by atoms with Gasteiger partial charge in [-0.3, -0.25) is 4.79 Å². The maximum absolute atomic E-state index is 13.1. The van der Waals surface area contributed by atoms with Crippen LogP contribution in [0.25, 0.3) is 0 Å². The summed E-state index contributed by atoms with van der Waals surface area (Å²) in [5.74, 6) is -0.702. The van der Waals surface area contributed by atoms with Gasteiger partial charge in [0, 0.05) is 0 Å². The SMILES string of the molecule is CCCCCCCCCCCCCCCCCCCCC/C=C/CCCC(O)C(O)C(COC1OC(CO)C(O)C(O)C1O)NC(=O)C(O)CCCCCCCCCCCCCCCCCC. The molecule has 0 saturated carbocycles. The highest BCUT2D eigenvalue weighted by atomic mass is 16.7. The summed E-state index contributed by atoms with van der Waals surface area (Å²) in [6, 6.07) is -1.18. The molecular weight excluding hydrogens is 847 g/mol. The summed E-state index contributed by atoms with van der Waals surface area (Å²) in [4.78, 5) is 13.1. The second-order valence-corrected chi connectivity index (χ2v) is 20.4. The second-order valence-electron chi connectivity index (χ2n) is 20.4. The van der Waals surface area contributed by atoms with Gasteiger partial charge in [0.05, 0.1) is 25.4 Å². The number of hydrogen-bond donors (Lipinski definition) is 8. The van der Waals surface area contributed by atoms with Crippen LogP contribution in [0.4, 0.5) is 0 Å². The molecule has 1 aliphatic rings. The van der Waals surface area contributed by atoms with Crippen LogP contribution in [0.2, 0.25) is 0 Å². The normalized spacial score (nSPS) is 20.6. The molecule has 1 saturated heterocycles. The fourth-order valence-electron chi connectivity index (χ4n) is 9.39. The first-order valence-electron chi connectivity index (χ1n) is 28.6. The number of nitrogens with one attached hydrogen (secondary N) is 1. The zero-order valence-corrected chi connectivity index (χ0v) is 43.4. The molecule has 8 N–H and O–H groups in total. The van der Waals surface area contributed by atoms with Gasteiger partial charge in [0.1, 0.15) is 36.6 Å². The number of rotatable bonds is 49. The summed E-state index contributed by atoms with van der Waals surface area (Å²) in [5.41, 5.74) is 0. The largest absolute Gasteiger partial charge is 0.394 e. The van der Waals surface area contributed by atoms with Crippen molar-refractivity contribution in [2.45, 2.75) is 326 Å². The molecule has 0 bridgehead atoms. The standard InChI is InChI=1S/C56H109NO10/c1-3-5-7-9-11-13-15-17-19-21-22-23-24-25-26-27-28-30-31-33-35-37-39-41-43-48(59)51(61)47(46-66-56-54(64)53(63)52(62)50(45-58)67-56)57-55(65)49(60)44-42-40-38-36-34-32-29-20-18-16-14-12-10-8-6-4-2/h35,37,47-54,56,58-64H,3-34,36,38-46H2,1-2H3,(H,57,65)/b37-35+. The van der Waals surface area contributed by atoms with Crippen LogP contribution in [0.1, 0.15) is 271 Å². The quantitative estimate of drug-likeness (QED) is 0.0215. The number of allylic oxidation sites excluding steroid dienone is 2. The molecule has 398 valence electrons. The zero-order chi connectivity index (χ0) is 49.0. The predicted molar refractivity (Wildman–Crippen MR) is 275 cm³/mol. The summed E-state index contributed by atoms with van der Waals surface area (Å²) >= 11 is 0. The number of amides is 1. The van der Waals surface area contributed by atoms with Gasteiger partial charge in [0.25, 0.3) is 0 Å². The lowest BCUT2D eigenvalue weighted by molar-refractivity contribution is -0.303. The Bertz CT molecular complexity index is 1100. The summed E-state index contributed by atoms with van der Waals surface area (Å²) in [5, 5.41) is 76.0. The van der Waals surface area contributed by atoms with Gasteiger partial charge in [0.2, 0.25) is 5.91 Å². The molecule has 0 spiro atoms. The fraction of sp³-hybridized carbons (Fsp3) is 0.946. The molecule has 0 aromatic heterocycles. The van der Waals surface area contributed by atoms with Crippen LogP contribution in [0, 0.1) is 0 Å². The number of unbranched alkanes of at least 4 members (excludes halogenated alkanes) is 35. The molecule has 1 fully saturated rings. The highest BCUT2D eigenvalue weighted by Crippen LogP contribution is 2.23. The van der Waals surface area contributed by atoms with Crippen LogP contribution >= 0.6 is 0 Å². The van der Waals surface area contributed by atoms with E-state index < -0.39 is 74.2 Å². The third-order valence-electron chi connectivity index (χ3n) is 14.1. The van der Waals surface area contributed by atoms with Crippen molar-refractivity contribution in [2.24, 2.45) is 0 Å². The Morgan fingerprint density at radius 3 is 1.28 bits per heavy atom. The number of ether oxygens (including phenoxy) is 2. The summed E-state index contributed by atoms with van der Waals surface area (Å²) in [7, 11) is 0. The lowest BCUT2D eigenvalue weighted by Crippen LogP contribution is -2.60. The average Bonchev–Trinajstić information content (AvgIpc) is 3.33. The van der Waals surface area contributed by atoms with Crippen LogP contribution in [0.5, 0.6) is 0 Å². The first-order valence-corrected chi connectivity index (χ1v) is 28.6. The van der Waals surface area contributed by atoms with E-state index in [1.165, 1.54) is 193 Å². The second kappa shape index (κ2) is 46.0. The van der Waals surface area contributed by atoms with Crippen molar-refractivity contribution in [1.82, 2.24) is 5.32 Å². The van der Waals surface area contributed by atoms with Crippen molar-refractivity contribution in [3.63, 3.8) is 0 Å². The Kier molecular flexibility index (Phi) is 43.8. The van der Waals surface area contributed by atoms with E-state index in [-0.39, 0.29) is 12.8 Å². The van der Waals surface area contributed by atoms with Gasteiger partial charge in [0.15, 0.2) is 6.29 Å². The molecule has 9 unspecified atom stereocenters. The van der Waals surface area contributed by atoms with E-state index in [2.05, 4.69) is 31.3 Å². The summed E-state index contributed by atoms with van der Waals surface area (Å²) in [6.07, 6.45) is 41.3. The molecule has 9 atom stereocenters. The molecule has 0 aliphatic carbocycles. The van der Waals surface area contributed by atoms with Gasteiger partial charge in [-0.2, -0.15) is 0 Å². The lowest BCUT2D eigenvalue weighted by Gasteiger charge is -2.40. The van der Waals surface area contributed by atoms with Gasteiger partial charge in [-0.25, -0.2) is 0 Å². The Morgan fingerprint density at radius 2 is 0.881 bits per heavy atom. The van der Waals surface area contributed by atoms with Gasteiger partial charge < -0.3 is 50.5 Å².